The van der Waals surface area contributed by atoms with Crippen LogP contribution in [0.4, 0.5) is 0 Å². The molecule has 0 atom stereocenters. The molecule has 0 saturated carbocycles. The molecule has 0 bridgehead atoms. The van der Waals surface area contributed by atoms with Gasteiger partial charge in [-0.25, -0.2) is 5.43 Å². The van der Waals surface area contributed by atoms with Gasteiger partial charge in [-0.15, -0.1) is 0 Å². The Morgan fingerprint density at radius 2 is 1.78 bits per heavy atom. The van der Waals surface area contributed by atoms with Crippen LogP contribution in [0.1, 0.15) is 22.8 Å². The Kier molecular flexibility index (Phi) is 5.60. The maximum absolute atomic E-state index is 12.0. The van der Waals surface area contributed by atoms with E-state index in [0.29, 0.717) is 27.8 Å². The molecule has 0 radical (unpaired) electrons. The predicted octanol–water partition coefficient (Wildman–Crippen LogP) is 3.51. The monoisotopic (exact) mass is 332 g/mol. The second-order valence-electron chi connectivity index (χ2n) is 4.72. The third-order valence-electron chi connectivity index (χ3n) is 3.21. The van der Waals surface area contributed by atoms with E-state index in [-0.39, 0.29) is 5.91 Å². The summed E-state index contributed by atoms with van der Waals surface area (Å²) in [5.41, 5.74) is 4.41. The third-order valence-corrected chi connectivity index (χ3v) is 3.45. The van der Waals surface area contributed by atoms with Crippen molar-refractivity contribution in [3.05, 3.63) is 58.6 Å². The molecule has 0 saturated heterocycles. The van der Waals surface area contributed by atoms with Gasteiger partial charge in [0.25, 0.3) is 5.91 Å². The standard InChI is InChI=1S/C17H17ClN2O3/c1-11(12-7-8-15(22-2)16(10-12)23-3)19-20-17(21)13-5-4-6-14(18)9-13/h4-10H,1-3H3,(H,20,21)/b19-11-. The lowest BCUT2D eigenvalue weighted by atomic mass is 10.1. The Hall–Kier alpha value is -2.53. The quantitative estimate of drug-likeness (QED) is 0.673. The maximum atomic E-state index is 12.0. The van der Waals surface area contributed by atoms with Gasteiger partial charge in [0.15, 0.2) is 11.5 Å². The highest BCUT2D eigenvalue weighted by molar-refractivity contribution is 6.30. The molecule has 0 fully saturated rings. The lowest BCUT2D eigenvalue weighted by molar-refractivity contribution is 0.0955. The molecule has 0 spiro atoms. The van der Waals surface area contributed by atoms with Crippen LogP contribution in [0, 0.1) is 0 Å². The lowest BCUT2D eigenvalue weighted by Crippen LogP contribution is -2.19. The zero-order valence-electron chi connectivity index (χ0n) is 13.1. The summed E-state index contributed by atoms with van der Waals surface area (Å²) in [6.45, 7) is 1.79. The summed E-state index contributed by atoms with van der Waals surface area (Å²) in [5.74, 6) is 0.903. The van der Waals surface area contributed by atoms with Gasteiger partial charge in [-0.05, 0) is 43.3 Å². The topological polar surface area (TPSA) is 59.9 Å². The zero-order valence-corrected chi connectivity index (χ0v) is 13.8. The lowest BCUT2D eigenvalue weighted by Gasteiger charge is -2.09. The summed E-state index contributed by atoms with van der Waals surface area (Å²) in [4.78, 5) is 12.0. The molecule has 0 aliphatic heterocycles. The average Bonchev–Trinajstić information content (AvgIpc) is 2.58. The molecule has 2 aromatic carbocycles. The summed E-state index contributed by atoms with van der Waals surface area (Å²) in [5, 5.41) is 4.61. The summed E-state index contributed by atoms with van der Waals surface area (Å²) >= 11 is 5.87. The molecule has 0 unspecified atom stereocenters. The van der Waals surface area contributed by atoms with Gasteiger partial charge in [0.1, 0.15) is 0 Å². The Morgan fingerprint density at radius 3 is 2.43 bits per heavy atom. The molecule has 0 aliphatic carbocycles. The molecule has 1 N–H and O–H groups in total. The number of hydrogen-bond donors (Lipinski definition) is 1. The Balaban J connectivity index is 2.15. The fraction of sp³-hybridized carbons (Fsp3) is 0.176. The van der Waals surface area contributed by atoms with Gasteiger partial charge in [-0.1, -0.05) is 17.7 Å². The van der Waals surface area contributed by atoms with E-state index in [1.54, 1.807) is 57.5 Å². The summed E-state index contributed by atoms with van der Waals surface area (Å²) < 4.78 is 10.4. The minimum absolute atomic E-state index is 0.327. The largest absolute Gasteiger partial charge is 0.493 e. The van der Waals surface area contributed by atoms with Crippen molar-refractivity contribution in [2.75, 3.05) is 14.2 Å². The van der Waals surface area contributed by atoms with E-state index in [4.69, 9.17) is 21.1 Å². The van der Waals surface area contributed by atoms with Gasteiger partial charge in [0, 0.05) is 16.1 Å². The van der Waals surface area contributed by atoms with Crippen LogP contribution in [0.2, 0.25) is 5.02 Å². The fourth-order valence-corrected chi connectivity index (χ4v) is 2.15. The number of carbonyl (C=O) groups excluding carboxylic acids is 1. The molecule has 1 amide bonds. The molecule has 120 valence electrons. The van der Waals surface area contributed by atoms with E-state index >= 15 is 0 Å². The number of amides is 1. The summed E-state index contributed by atoms with van der Waals surface area (Å²) in [7, 11) is 3.14. The Labute approximate surface area is 139 Å². The van der Waals surface area contributed by atoms with Crippen LogP contribution in [0.25, 0.3) is 0 Å². The number of halogens is 1. The van der Waals surface area contributed by atoms with E-state index in [2.05, 4.69) is 10.5 Å². The van der Waals surface area contributed by atoms with Gasteiger partial charge in [0.2, 0.25) is 0 Å². The first-order valence-corrected chi connectivity index (χ1v) is 7.25. The van der Waals surface area contributed by atoms with Crippen molar-refractivity contribution in [2.24, 2.45) is 5.10 Å². The molecule has 0 aromatic heterocycles. The molecular formula is C17H17ClN2O3. The van der Waals surface area contributed by atoms with Gasteiger partial charge in [-0.3, -0.25) is 4.79 Å². The van der Waals surface area contributed by atoms with Crippen LogP contribution in [0.15, 0.2) is 47.6 Å². The van der Waals surface area contributed by atoms with E-state index in [1.807, 2.05) is 6.07 Å². The second kappa shape index (κ2) is 7.65. The van der Waals surface area contributed by atoms with Crippen LogP contribution in [-0.2, 0) is 0 Å². The highest BCUT2D eigenvalue weighted by atomic mass is 35.5. The van der Waals surface area contributed by atoms with Crippen molar-refractivity contribution in [1.82, 2.24) is 5.43 Å². The second-order valence-corrected chi connectivity index (χ2v) is 5.15. The summed E-state index contributed by atoms with van der Waals surface area (Å²) in [6, 6.07) is 12.1. The SMILES string of the molecule is COc1ccc(/C(C)=N\NC(=O)c2cccc(Cl)c2)cc1OC. The fourth-order valence-electron chi connectivity index (χ4n) is 1.95. The van der Waals surface area contributed by atoms with E-state index in [9.17, 15) is 4.79 Å². The van der Waals surface area contributed by atoms with Crippen molar-refractivity contribution in [3.63, 3.8) is 0 Å². The first kappa shape index (κ1) is 16.8. The molecule has 0 heterocycles. The van der Waals surface area contributed by atoms with Crippen LogP contribution >= 0.6 is 11.6 Å². The Morgan fingerprint density at radius 1 is 1.04 bits per heavy atom. The molecule has 23 heavy (non-hydrogen) atoms. The zero-order chi connectivity index (χ0) is 16.8. The Bertz CT molecular complexity index is 744. The number of carbonyl (C=O) groups is 1. The number of methoxy groups -OCH3 is 2. The summed E-state index contributed by atoms with van der Waals surface area (Å²) in [6.07, 6.45) is 0. The van der Waals surface area contributed by atoms with Crippen LogP contribution in [0.3, 0.4) is 0 Å². The molecule has 2 aromatic rings. The van der Waals surface area contributed by atoms with E-state index in [1.165, 1.54) is 0 Å². The highest BCUT2D eigenvalue weighted by Crippen LogP contribution is 2.27. The first-order chi connectivity index (χ1) is 11.0. The van der Waals surface area contributed by atoms with Gasteiger partial charge >= 0.3 is 0 Å². The number of ether oxygens (including phenoxy) is 2. The van der Waals surface area contributed by atoms with E-state index < -0.39 is 0 Å². The minimum Gasteiger partial charge on any atom is -0.493 e. The number of hydrogen-bond acceptors (Lipinski definition) is 4. The van der Waals surface area contributed by atoms with Crippen molar-refractivity contribution in [1.29, 1.82) is 0 Å². The average molecular weight is 333 g/mol. The molecule has 5 nitrogen and oxygen atoms in total. The van der Waals surface area contributed by atoms with Crippen molar-refractivity contribution in [3.8, 4) is 11.5 Å². The van der Waals surface area contributed by atoms with Crippen LogP contribution in [-0.4, -0.2) is 25.8 Å². The van der Waals surface area contributed by atoms with Gasteiger partial charge in [-0.2, -0.15) is 5.10 Å². The number of hydrazone groups is 1. The molecular weight excluding hydrogens is 316 g/mol. The van der Waals surface area contributed by atoms with Crippen molar-refractivity contribution < 1.29 is 14.3 Å². The van der Waals surface area contributed by atoms with Crippen molar-refractivity contribution in [2.45, 2.75) is 6.92 Å². The van der Waals surface area contributed by atoms with Gasteiger partial charge in [0.05, 0.1) is 19.9 Å². The highest BCUT2D eigenvalue weighted by Gasteiger charge is 2.08. The molecule has 0 aliphatic rings. The number of rotatable bonds is 5. The van der Waals surface area contributed by atoms with Crippen LogP contribution in [0.5, 0.6) is 11.5 Å². The number of nitrogens with one attached hydrogen (secondary N) is 1. The number of nitrogens with zero attached hydrogens (tertiary/aromatic N) is 1. The number of benzene rings is 2. The first-order valence-electron chi connectivity index (χ1n) is 6.87. The van der Waals surface area contributed by atoms with E-state index in [0.717, 1.165) is 5.56 Å². The third kappa shape index (κ3) is 4.23. The van der Waals surface area contributed by atoms with Crippen molar-refractivity contribution >= 4 is 23.2 Å². The van der Waals surface area contributed by atoms with Crippen LogP contribution < -0.4 is 14.9 Å². The molecule has 6 heteroatoms. The maximum Gasteiger partial charge on any atom is 0.271 e. The predicted molar refractivity (Wildman–Crippen MR) is 90.7 cm³/mol. The normalized spacial score (nSPS) is 11.0. The minimum atomic E-state index is -0.327. The van der Waals surface area contributed by atoms with Gasteiger partial charge < -0.3 is 9.47 Å². The molecule has 2 rings (SSSR count). The smallest absolute Gasteiger partial charge is 0.271 e.